The molecule has 25 heavy (non-hydrogen) atoms. The Bertz CT molecular complexity index is 811. The maximum atomic E-state index is 12.5. The van der Waals surface area contributed by atoms with Crippen LogP contribution >= 0.6 is 0 Å². The fraction of sp³-hybridized carbons (Fsp3) is 0.200. The van der Waals surface area contributed by atoms with Crippen molar-refractivity contribution in [2.45, 2.75) is 0 Å². The van der Waals surface area contributed by atoms with Crippen molar-refractivity contribution in [2.24, 2.45) is 4.99 Å². The Kier molecular flexibility index (Phi) is 4.95. The maximum Gasteiger partial charge on any atom is 0.277 e. The topological polar surface area (TPSA) is 56.1 Å². The Balaban J connectivity index is 1.85. The van der Waals surface area contributed by atoms with Gasteiger partial charge in [-0.25, -0.2) is 4.99 Å². The zero-order valence-corrected chi connectivity index (χ0v) is 14.4. The van der Waals surface area contributed by atoms with Gasteiger partial charge in [0.1, 0.15) is 11.5 Å². The van der Waals surface area contributed by atoms with Gasteiger partial charge in [-0.2, -0.15) is 0 Å². The number of carbonyl (C=O) groups excluding carboxylic acids is 1. The lowest BCUT2D eigenvalue weighted by Crippen LogP contribution is -2.28. The Labute approximate surface area is 147 Å². The van der Waals surface area contributed by atoms with Gasteiger partial charge in [0.15, 0.2) is 0 Å². The molecule has 1 aliphatic heterocycles. The minimum absolute atomic E-state index is 0.111. The second kappa shape index (κ2) is 7.32. The van der Waals surface area contributed by atoms with E-state index < -0.39 is 0 Å². The monoisotopic (exact) mass is 335 g/mol. The SMILES string of the molecule is CN1C(=O)/C(=C/c2ccc(N(C)CCO)cc2)N=C1c1ccccc1. The van der Waals surface area contributed by atoms with Crippen LogP contribution in [-0.4, -0.2) is 49.0 Å². The first kappa shape index (κ1) is 16.9. The van der Waals surface area contributed by atoms with Crippen LogP contribution in [-0.2, 0) is 4.79 Å². The highest BCUT2D eigenvalue weighted by molar-refractivity contribution is 6.19. The summed E-state index contributed by atoms with van der Waals surface area (Å²) in [4.78, 5) is 20.5. The van der Waals surface area contributed by atoms with Crippen LogP contribution in [0.5, 0.6) is 0 Å². The molecule has 1 heterocycles. The number of carbonyl (C=O) groups is 1. The van der Waals surface area contributed by atoms with Crippen LogP contribution in [0.2, 0.25) is 0 Å². The van der Waals surface area contributed by atoms with E-state index in [1.165, 1.54) is 0 Å². The molecule has 0 spiro atoms. The van der Waals surface area contributed by atoms with E-state index in [0.29, 0.717) is 18.1 Å². The summed E-state index contributed by atoms with van der Waals surface area (Å²) in [6.07, 6.45) is 1.80. The summed E-state index contributed by atoms with van der Waals surface area (Å²) < 4.78 is 0. The van der Waals surface area contributed by atoms with E-state index in [-0.39, 0.29) is 12.5 Å². The minimum atomic E-state index is -0.111. The van der Waals surface area contributed by atoms with Crippen LogP contribution in [0, 0.1) is 0 Å². The van der Waals surface area contributed by atoms with Crippen molar-refractivity contribution in [3.63, 3.8) is 0 Å². The van der Waals surface area contributed by atoms with Gasteiger partial charge in [0.2, 0.25) is 0 Å². The number of benzene rings is 2. The number of aliphatic hydroxyl groups is 1. The normalized spacial score (nSPS) is 15.6. The summed E-state index contributed by atoms with van der Waals surface area (Å²) in [6, 6.07) is 17.5. The highest BCUT2D eigenvalue weighted by Crippen LogP contribution is 2.22. The average Bonchev–Trinajstić information content (AvgIpc) is 2.92. The van der Waals surface area contributed by atoms with Crippen LogP contribution in [0.1, 0.15) is 11.1 Å². The highest BCUT2D eigenvalue weighted by atomic mass is 16.3. The van der Waals surface area contributed by atoms with Gasteiger partial charge in [-0.15, -0.1) is 0 Å². The van der Waals surface area contributed by atoms with E-state index in [0.717, 1.165) is 16.8 Å². The number of likely N-dealkylation sites (N-methyl/N-ethyl adjacent to an activating group) is 2. The molecule has 2 aromatic rings. The largest absolute Gasteiger partial charge is 0.395 e. The molecular weight excluding hydrogens is 314 g/mol. The van der Waals surface area contributed by atoms with Crippen molar-refractivity contribution in [3.05, 3.63) is 71.4 Å². The molecule has 128 valence electrons. The second-order valence-electron chi connectivity index (χ2n) is 5.93. The molecule has 0 atom stereocenters. The first-order chi connectivity index (χ1) is 12.1. The molecule has 0 aliphatic carbocycles. The van der Waals surface area contributed by atoms with E-state index in [2.05, 4.69) is 4.99 Å². The van der Waals surface area contributed by atoms with Crippen LogP contribution in [0.4, 0.5) is 5.69 Å². The Morgan fingerprint density at radius 2 is 1.80 bits per heavy atom. The molecule has 1 aliphatic rings. The molecule has 0 aromatic heterocycles. The third-order valence-corrected chi connectivity index (χ3v) is 4.17. The zero-order valence-electron chi connectivity index (χ0n) is 14.4. The number of amidine groups is 1. The summed E-state index contributed by atoms with van der Waals surface area (Å²) in [7, 11) is 3.66. The molecular formula is C20H21N3O2. The van der Waals surface area contributed by atoms with Gasteiger partial charge < -0.3 is 10.0 Å². The summed E-state index contributed by atoms with van der Waals surface area (Å²) >= 11 is 0. The van der Waals surface area contributed by atoms with Gasteiger partial charge in [0.05, 0.1) is 6.61 Å². The van der Waals surface area contributed by atoms with Gasteiger partial charge in [-0.3, -0.25) is 9.69 Å². The first-order valence-electron chi connectivity index (χ1n) is 8.16. The molecule has 0 fully saturated rings. The fourth-order valence-corrected chi connectivity index (χ4v) is 2.71. The molecule has 5 nitrogen and oxygen atoms in total. The number of amides is 1. The lowest BCUT2D eigenvalue weighted by atomic mass is 10.1. The van der Waals surface area contributed by atoms with Gasteiger partial charge in [-0.05, 0) is 23.8 Å². The predicted octanol–water partition coefficient (Wildman–Crippen LogP) is 2.37. The maximum absolute atomic E-state index is 12.5. The summed E-state index contributed by atoms with van der Waals surface area (Å²) in [6.45, 7) is 0.689. The van der Waals surface area contributed by atoms with Crippen molar-refractivity contribution in [3.8, 4) is 0 Å². The molecule has 0 saturated heterocycles. The summed E-state index contributed by atoms with van der Waals surface area (Å²) in [5.74, 6) is 0.552. The fourth-order valence-electron chi connectivity index (χ4n) is 2.71. The van der Waals surface area contributed by atoms with Crippen LogP contribution in [0.3, 0.4) is 0 Å². The number of hydrogen-bond donors (Lipinski definition) is 1. The van der Waals surface area contributed by atoms with Crippen molar-refractivity contribution in [2.75, 3.05) is 32.1 Å². The van der Waals surface area contributed by atoms with E-state index in [4.69, 9.17) is 5.11 Å². The quantitative estimate of drug-likeness (QED) is 0.854. The Morgan fingerprint density at radius 1 is 1.12 bits per heavy atom. The lowest BCUT2D eigenvalue weighted by molar-refractivity contribution is -0.121. The molecule has 3 rings (SSSR count). The summed E-state index contributed by atoms with van der Waals surface area (Å²) in [5.41, 5.74) is 3.27. The van der Waals surface area contributed by atoms with E-state index in [1.54, 1.807) is 18.0 Å². The van der Waals surface area contributed by atoms with E-state index in [1.807, 2.05) is 66.5 Å². The number of aliphatic imine (C=N–C) groups is 1. The van der Waals surface area contributed by atoms with Crippen molar-refractivity contribution < 1.29 is 9.90 Å². The van der Waals surface area contributed by atoms with Crippen molar-refractivity contribution in [1.82, 2.24) is 4.90 Å². The summed E-state index contributed by atoms with van der Waals surface area (Å²) in [5, 5.41) is 9.01. The van der Waals surface area contributed by atoms with Crippen molar-refractivity contribution >= 4 is 23.5 Å². The molecule has 0 unspecified atom stereocenters. The third kappa shape index (κ3) is 3.61. The molecule has 5 heteroatoms. The molecule has 1 N–H and O–H groups in total. The molecule has 1 amide bonds. The predicted molar refractivity (Wildman–Crippen MR) is 101 cm³/mol. The molecule has 0 radical (unpaired) electrons. The number of rotatable bonds is 5. The van der Waals surface area contributed by atoms with Gasteiger partial charge >= 0.3 is 0 Å². The van der Waals surface area contributed by atoms with Gasteiger partial charge in [0, 0.05) is 31.9 Å². The highest BCUT2D eigenvalue weighted by Gasteiger charge is 2.27. The van der Waals surface area contributed by atoms with Gasteiger partial charge in [0.25, 0.3) is 5.91 Å². The van der Waals surface area contributed by atoms with Crippen LogP contribution in [0.25, 0.3) is 6.08 Å². The van der Waals surface area contributed by atoms with Crippen molar-refractivity contribution in [1.29, 1.82) is 0 Å². The van der Waals surface area contributed by atoms with Crippen LogP contribution < -0.4 is 4.90 Å². The smallest absolute Gasteiger partial charge is 0.277 e. The number of aliphatic hydroxyl groups excluding tert-OH is 1. The number of hydrogen-bond acceptors (Lipinski definition) is 4. The minimum Gasteiger partial charge on any atom is -0.395 e. The standard InChI is InChI=1S/C20H21N3O2/c1-22(12-13-24)17-10-8-15(9-11-17)14-18-20(25)23(2)19(21-18)16-6-4-3-5-7-16/h3-11,14,24H,12-13H2,1-2H3/b18-14-. The lowest BCUT2D eigenvalue weighted by Gasteiger charge is -2.17. The van der Waals surface area contributed by atoms with Crippen LogP contribution in [0.15, 0.2) is 65.3 Å². The van der Waals surface area contributed by atoms with Gasteiger partial charge in [-0.1, -0.05) is 42.5 Å². The van der Waals surface area contributed by atoms with E-state index >= 15 is 0 Å². The number of anilines is 1. The first-order valence-corrected chi connectivity index (χ1v) is 8.16. The van der Waals surface area contributed by atoms with E-state index in [9.17, 15) is 4.79 Å². The average molecular weight is 335 g/mol. The molecule has 2 aromatic carbocycles. The Morgan fingerprint density at radius 3 is 2.44 bits per heavy atom. The molecule has 0 saturated carbocycles. The zero-order chi connectivity index (χ0) is 17.8. The molecule has 0 bridgehead atoms. The Hall–Kier alpha value is -2.92. The number of nitrogens with zero attached hydrogens (tertiary/aromatic N) is 3. The second-order valence-corrected chi connectivity index (χ2v) is 5.93. The third-order valence-electron chi connectivity index (χ3n) is 4.17.